The van der Waals surface area contributed by atoms with Crippen molar-refractivity contribution in [3.8, 4) is 6.07 Å². The highest BCUT2D eigenvalue weighted by Gasteiger charge is 2.13. The van der Waals surface area contributed by atoms with Gasteiger partial charge in [-0.15, -0.1) is 0 Å². The molecule has 0 aliphatic rings. The Bertz CT molecular complexity index is 500. The van der Waals surface area contributed by atoms with Gasteiger partial charge in [-0.05, 0) is 39.0 Å². The number of rotatable bonds is 4. The maximum atomic E-state index is 11.6. The Labute approximate surface area is 118 Å². The highest BCUT2D eigenvalue weighted by atomic mass is 35.5. The summed E-state index contributed by atoms with van der Waals surface area (Å²) in [5.41, 5.74) is 1.02. The minimum atomic E-state index is -0.219. The average molecular weight is 280 g/mol. The van der Waals surface area contributed by atoms with Crippen LogP contribution in [0.2, 0.25) is 5.02 Å². The smallest absolute Gasteiger partial charge is 0.222 e. The Morgan fingerprint density at radius 2 is 2.11 bits per heavy atom. The molecule has 1 amide bonds. The van der Waals surface area contributed by atoms with Crippen LogP contribution in [0.25, 0.3) is 0 Å². The van der Waals surface area contributed by atoms with Crippen molar-refractivity contribution in [1.29, 1.82) is 5.26 Å². The van der Waals surface area contributed by atoms with Gasteiger partial charge in [0.1, 0.15) is 0 Å². The number of amides is 1. The number of hydrogen-bond acceptors (Lipinski definition) is 3. The van der Waals surface area contributed by atoms with Gasteiger partial charge in [0, 0.05) is 18.5 Å². The zero-order valence-electron chi connectivity index (χ0n) is 11.4. The van der Waals surface area contributed by atoms with Crippen molar-refractivity contribution in [3.63, 3.8) is 0 Å². The van der Waals surface area contributed by atoms with Crippen LogP contribution in [0.5, 0.6) is 0 Å². The highest BCUT2D eigenvalue weighted by Crippen LogP contribution is 2.22. The molecule has 0 unspecified atom stereocenters. The van der Waals surface area contributed by atoms with Gasteiger partial charge in [-0.25, -0.2) is 0 Å². The lowest BCUT2D eigenvalue weighted by atomic mass is 10.1. The molecule has 0 aromatic heterocycles. The molecule has 0 atom stereocenters. The summed E-state index contributed by atoms with van der Waals surface area (Å²) in [7, 11) is 0. The molecule has 0 heterocycles. The number of benzene rings is 1. The third-order valence-electron chi connectivity index (χ3n) is 2.28. The van der Waals surface area contributed by atoms with Crippen LogP contribution in [0.4, 0.5) is 5.69 Å². The van der Waals surface area contributed by atoms with Crippen LogP contribution in [-0.2, 0) is 4.79 Å². The molecule has 2 N–H and O–H groups in total. The number of nitrogens with one attached hydrogen (secondary N) is 2. The lowest BCUT2D eigenvalue weighted by Crippen LogP contribution is -2.41. The molecule has 1 aromatic carbocycles. The Morgan fingerprint density at radius 3 is 2.63 bits per heavy atom. The molecular formula is C14H18ClN3O. The molecule has 0 aliphatic heterocycles. The summed E-state index contributed by atoms with van der Waals surface area (Å²) in [6.07, 6.45) is 0.369. The van der Waals surface area contributed by atoms with Crippen molar-refractivity contribution in [1.82, 2.24) is 5.32 Å². The molecule has 102 valence electrons. The molecule has 0 saturated heterocycles. The fourth-order valence-corrected chi connectivity index (χ4v) is 1.77. The van der Waals surface area contributed by atoms with E-state index in [1.165, 1.54) is 0 Å². The molecule has 0 aliphatic carbocycles. The first-order valence-corrected chi connectivity index (χ1v) is 6.44. The molecule has 0 bridgehead atoms. The van der Waals surface area contributed by atoms with Gasteiger partial charge in [-0.1, -0.05) is 11.6 Å². The molecule has 5 heteroatoms. The van der Waals surface area contributed by atoms with E-state index in [1.807, 2.05) is 26.8 Å². The first kappa shape index (κ1) is 15.3. The minimum Gasteiger partial charge on any atom is -0.383 e. The maximum absolute atomic E-state index is 11.6. The van der Waals surface area contributed by atoms with Gasteiger partial charge >= 0.3 is 0 Å². The quantitative estimate of drug-likeness (QED) is 0.891. The van der Waals surface area contributed by atoms with E-state index in [2.05, 4.69) is 10.6 Å². The Morgan fingerprint density at radius 1 is 1.42 bits per heavy atom. The lowest BCUT2D eigenvalue weighted by Gasteiger charge is -2.20. The Kier molecular flexibility index (Phi) is 5.20. The van der Waals surface area contributed by atoms with Crippen LogP contribution in [0.3, 0.4) is 0 Å². The fourth-order valence-electron chi connectivity index (χ4n) is 1.52. The monoisotopic (exact) mass is 279 g/mol. The summed E-state index contributed by atoms with van der Waals surface area (Å²) >= 11 is 6.02. The normalized spacial score (nSPS) is 10.7. The van der Waals surface area contributed by atoms with Crippen LogP contribution in [-0.4, -0.2) is 18.0 Å². The zero-order valence-corrected chi connectivity index (χ0v) is 12.1. The second kappa shape index (κ2) is 6.44. The molecule has 1 rings (SSSR count). The predicted molar refractivity (Wildman–Crippen MR) is 77.2 cm³/mol. The molecule has 0 saturated carbocycles. The standard InChI is InChI=1S/C14H18ClN3O/c1-14(2,3)18-13(19)6-7-17-12-5-4-10(9-16)8-11(12)15/h4-5,8,17H,6-7H2,1-3H3,(H,18,19). The summed E-state index contributed by atoms with van der Waals surface area (Å²) in [5, 5.41) is 15.2. The summed E-state index contributed by atoms with van der Waals surface area (Å²) in [6.45, 7) is 6.31. The molecule has 0 fully saturated rings. The number of halogens is 1. The van der Waals surface area contributed by atoms with E-state index in [1.54, 1.807) is 18.2 Å². The average Bonchev–Trinajstić information content (AvgIpc) is 2.28. The van der Waals surface area contributed by atoms with Crippen molar-refractivity contribution in [2.75, 3.05) is 11.9 Å². The largest absolute Gasteiger partial charge is 0.383 e. The summed E-state index contributed by atoms with van der Waals surface area (Å²) in [6, 6.07) is 7.04. The van der Waals surface area contributed by atoms with Crippen molar-refractivity contribution in [3.05, 3.63) is 28.8 Å². The molecule has 0 radical (unpaired) electrons. The number of nitrogens with zero attached hydrogens (tertiary/aromatic N) is 1. The van der Waals surface area contributed by atoms with Crippen LogP contribution in [0.1, 0.15) is 32.8 Å². The van der Waals surface area contributed by atoms with E-state index in [0.29, 0.717) is 23.6 Å². The minimum absolute atomic E-state index is 0.00947. The SMILES string of the molecule is CC(C)(C)NC(=O)CCNc1ccc(C#N)cc1Cl. The van der Waals surface area contributed by atoms with Gasteiger partial charge < -0.3 is 10.6 Å². The van der Waals surface area contributed by atoms with Gasteiger partial charge in [0.05, 0.1) is 22.3 Å². The van der Waals surface area contributed by atoms with Gasteiger partial charge in [-0.2, -0.15) is 5.26 Å². The Hall–Kier alpha value is -1.73. The van der Waals surface area contributed by atoms with Gasteiger partial charge in [-0.3, -0.25) is 4.79 Å². The third kappa shape index (κ3) is 5.62. The molecule has 1 aromatic rings. The number of nitriles is 1. The van der Waals surface area contributed by atoms with Crippen molar-refractivity contribution in [2.45, 2.75) is 32.7 Å². The van der Waals surface area contributed by atoms with E-state index in [-0.39, 0.29) is 11.4 Å². The number of hydrogen-bond donors (Lipinski definition) is 2. The lowest BCUT2D eigenvalue weighted by molar-refractivity contribution is -0.122. The van der Waals surface area contributed by atoms with Crippen LogP contribution in [0, 0.1) is 11.3 Å². The zero-order chi connectivity index (χ0) is 14.5. The molecule has 0 spiro atoms. The highest BCUT2D eigenvalue weighted by molar-refractivity contribution is 6.33. The van der Waals surface area contributed by atoms with Gasteiger partial charge in [0.15, 0.2) is 0 Å². The van der Waals surface area contributed by atoms with E-state index in [0.717, 1.165) is 5.69 Å². The second-order valence-electron chi connectivity index (χ2n) is 5.28. The van der Waals surface area contributed by atoms with E-state index >= 15 is 0 Å². The Balaban J connectivity index is 2.46. The number of anilines is 1. The summed E-state index contributed by atoms with van der Waals surface area (Å²) < 4.78 is 0. The van der Waals surface area contributed by atoms with Crippen LogP contribution >= 0.6 is 11.6 Å². The topological polar surface area (TPSA) is 64.9 Å². The van der Waals surface area contributed by atoms with Gasteiger partial charge in [0.2, 0.25) is 5.91 Å². The van der Waals surface area contributed by atoms with Crippen LogP contribution in [0.15, 0.2) is 18.2 Å². The van der Waals surface area contributed by atoms with E-state index < -0.39 is 0 Å². The maximum Gasteiger partial charge on any atom is 0.222 e. The predicted octanol–water partition coefficient (Wildman–Crippen LogP) is 2.93. The molecule has 19 heavy (non-hydrogen) atoms. The first-order chi connectivity index (χ1) is 8.81. The number of carbonyl (C=O) groups excluding carboxylic acids is 1. The summed E-state index contributed by atoms with van der Waals surface area (Å²) in [5.74, 6) is -0.00947. The van der Waals surface area contributed by atoms with Crippen molar-refractivity contribution in [2.24, 2.45) is 0 Å². The third-order valence-corrected chi connectivity index (χ3v) is 2.59. The van der Waals surface area contributed by atoms with Crippen molar-refractivity contribution < 1.29 is 4.79 Å². The van der Waals surface area contributed by atoms with E-state index in [9.17, 15) is 4.79 Å². The van der Waals surface area contributed by atoms with Gasteiger partial charge in [0.25, 0.3) is 0 Å². The summed E-state index contributed by atoms with van der Waals surface area (Å²) in [4.78, 5) is 11.6. The fraction of sp³-hybridized carbons (Fsp3) is 0.429. The second-order valence-corrected chi connectivity index (χ2v) is 5.69. The molecule has 4 nitrogen and oxygen atoms in total. The molecular weight excluding hydrogens is 262 g/mol. The van der Waals surface area contributed by atoms with Crippen LogP contribution < -0.4 is 10.6 Å². The first-order valence-electron chi connectivity index (χ1n) is 6.06. The van der Waals surface area contributed by atoms with Crippen molar-refractivity contribution >= 4 is 23.2 Å². The number of carbonyl (C=O) groups is 1. The van der Waals surface area contributed by atoms with E-state index in [4.69, 9.17) is 16.9 Å².